The van der Waals surface area contributed by atoms with Gasteiger partial charge in [-0.3, -0.25) is 0 Å². The van der Waals surface area contributed by atoms with Crippen molar-refractivity contribution in [1.29, 1.82) is 0 Å². The summed E-state index contributed by atoms with van der Waals surface area (Å²) < 4.78 is 5.60. The molecule has 0 saturated heterocycles. The van der Waals surface area contributed by atoms with Crippen LogP contribution >= 0.6 is 23.4 Å². The van der Waals surface area contributed by atoms with E-state index in [1.807, 2.05) is 30.3 Å². The monoisotopic (exact) mass is 406 g/mol. The van der Waals surface area contributed by atoms with Gasteiger partial charge in [0, 0.05) is 16.9 Å². The SMILES string of the molecule is CCCCCCCC(CC)SC(=O)Oc1cc(Cl)nnc1-c1ccccc1. The van der Waals surface area contributed by atoms with Crippen LogP contribution in [0.5, 0.6) is 5.75 Å². The molecule has 1 atom stereocenters. The van der Waals surface area contributed by atoms with Gasteiger partial charge in [-0.1, -0.05) is 87.9 Å². The molecule has 0 radical (unpaired) electrons. The molecule has 0 aliphatic rings. The summed E-state index contributed by atoms with van der Waals surface area (Å²) in [5, 5.41) is 8.14. The molecule has 0 saturated carbocycles. The molecule has 27 heavy (non-hydrogen) atoms. The van der Waals surface area contributed by atoms with Gasteiger partial charge in [-0.05, 0) is 24.6 Å². The minimum Gasteiger partial charge on any atom is -0.416 e. The van der Waals surface area contributed by atoms with Crippen molar-refractivity contribution in [3.8, 4) is 17.0 Å². The van der Waals surface area contributed by atoms with Gasteiger partial charge < -0.3 is 4.74 Å². The van der Waals surface area contributed by atoms with Crippen LogP contribution in [0, 0.1) is 0 Å². The Morgan fingerprint density at radius 1 is 1.11 bits per heavy atom. The van der Waals surface area contributed by atoms with E-state index in [2.05, 4.69) is 24.0 Å². The third kappa shape index (κ3) is 7.51. The zero-order chi connectivity index (χ0) is 19.5. The summed E-state index contributed by atoms with van der Waals surface area (Å²) >= 11 is 7.22. The molecule has 0 aliphatic carbocycles. The van der Waals surface area contributed by atoms with E-state index >= 15 is 0 Å². The quantitative estimate of drug-likeness (QED) is 0.309. The first kappa shape index (κ1) is 21.7. The van der Waals surface area contributed by atoms with Gasteiger partial charge in [-0.15, -0.1) is 10.2 Å². The van der Waals surface area contributed by atoms with Gasteiger partial charge in [0.15, 0.2) is 10.9 Å². The second kappa shape index (κ2) is 12.0. The van der Waals surface area contributed by atoms with E-state index < -0.39 is 0 Å². The summed E-state index contributed by atoms with van der Waals surface area (Å²) in [6.45, 7) is 4.32. The van der Waals surface area contributed by atoms with Crippen molar-refractivity contribution in [3.63, 3.8) is 0 Å². The number of carbonyl (C=O) groups excluding carboxylic acids is 1. The lowest BCUT2D eigenvalue weighted by atomic mass is 10.1. The second-order valence-electron chi connectivity index (χ2n) is 6.45. The smallest absolute Gasteiger partial charge is 0.373 e. The van der Waals surface area contributed by atoms with Crippen LogP contribution in [0.1, 0.15) is 58.8 Å². The van der Waals surface area contributed by atoms with Crippen LogP contribution in [0.25, 0.3) is 11.3 Å². The molecule has 0 bridgehead atoms. The second-order valence-corrected chi connectivity index (χ2v) is 8.07. The topological polar surface area (TPSA) is 52.1 Å². The van der Waals surface area contributed by atoms with Crippen molar-refractivity contribution in [2.24, 2.45) is 0 Å². The predicted molar refractivity (Wildman–Crippen MR) is 114 cm³/mol. The van der Waals surface area contributed by atoms with Gasteiger partial charge in [0.2, 0.25) is 0 Å². The average molecular weight is 407 g/mol. The van der Waals surface area contributed by atoms with E-state index in [0.29, 0.717) is 11.4 Å². The average Bonchev–Trinajstić information content (AvgIpc) is 2.67. The molecular formula is C21H27ClN2O2S. The summed E-state index contributed by atoms with van der Waals surface area (Å²) in [6.07, 6.45) is 8.13. The number of halogens is 1. The summed E-state index contributed by atoms with van der Waals surface area (Å²) in [5.41, 5.74) is 1.35. The Bertz CT molecular complexity index is 713. The Kier molecular flexibility index (Phi) is 9.64. The van der Waals surface area contributed by atoms with Gasteiger partial charge >= 0.3 is 5.30 Å². The largest absolute Gasteiger partial charge is 0.416 e. The highest BCUT2D eigenvalue weighted by molar-refractivity contribution is 8.13. The third-order valence-corrected chi connectivity index (χ3v) is 5.68. The first-order valence-electron chi connectivity index (χ1n) is 9.61. The zero-order valence-corrected chi connectivity index (χ0v) is 17.6. The number of thioether (sulfide) groups is 1. The Labute approximate surface area is 171 Å². The highest BCUT2D eigenvalue weighted by atomic mass is 35.5. The lowest BCUT2D eigenvalue weighted by Crippen LogP contribution is -2.10. The minimum atomic E-state index is -0.323. The van der Waals surface area contributed by atoms with Gasteiger partial charge in [-0.2, -0.15) is 0 Å². The van der Waals surface area contributed by atoms with Crippen LogP contribution in [-0.2, 0) is 0 Å². The summed E-state index contributed by atoms with van der Waals surface area (Å²) in [4.78, 5) is 12.5. The number of carbonyl (C=O) groups is 1. The van der Waals surface area contributed by atoms with E-state index in [-0.39, 0.29) is 15.7 Å². The van der Waals surface area contributed by atoms with E-state index in [9.17, 15) is 4.79 Å². The predicted octanol–water partition coefficient (Wildman–Crippen LogP) is 7.17. The number of ether oxygens (including phenoxy) is 1. The summed E-state index contributed by atoms with van der Waals surface area (Å²) in [6, 6.07) is 11.1. The van der Waals surface area contributed by atoms with Gasteiger partial charge in [0.25, 0.3) is 0 Å². The number of aromatic nitrogens is 2. The molecule has 6 heteroatoms. The normalized spacial score (nSPS) is 12.0. The van der Waals surface area contributed by atoms with Crippen molar-refractivity contribution in [2.45, 2.75) is 64.0 Å². The number of unbranched alkanes of at least 4 members (excludes halogenated alkanes) is 4. The van der Waals surface area contributed by atoms with E-state index in [4.69, 9.17) is 16.3 Å². The van der Waals surface area contributed by atoms with Gasteiger partial charge in [0.05, 0.1) is 0 Å². The fourth-order valence-electron chi connectivity index (χ4n) is 2.80. The molecule has 1 aromatic carbocycles. The molecule has 1 unspecified atom stereocenters. The Balaban J connectivity index is 1.97. The van der Waals surface area contributed by atoms with Crippen LogP contribution < -0.4 is 4.74 Å². The number of nitrogens with zero attached hydrogens (tertiary/aromatic N) is 2. The van der Waals surface area contributed by atoms with E-state index in [1.54, 1.807) is 6.07 Å². The molecule has 0 spiro atoms. The first-order valence-corrected chi connectivity index (χ1v) is 10.9. The summed E-state index contributed by atoms with van der Waals surface area (Å²) in [7, 11) is 0. The highest BCUT2D eigenvalue weighted by Crippen LogP contribution is 2.31. The molecule has 2 aromatic rings. The number of hydrogen-bond acceptors (Lipinski definition) is 5. The van der Waals surface area contributed by atoms with Crippen LogP contribution in [0.4, 0.5) is 4.79 Å². The molecule has 4 nitrogen and oxygen atoms in total. The van der Waals surface area contributed by atoms with Gasteiger partial charge in [0.1, 0.15) is 5.69 Å². The lowest BCUT2D eigenvalue weighted by Gasteiger charge is -2.14. The minimum absolute atomic E-state index is 0.199. The van der Waals surface area contributed by atoms with Crippen LogP contribution in [-0.4, -0.2) is 20.7 Å². The molecular weight excluding hydrogens is 380 g/mol. The molecule has 0 amide bonds. The maximum absolute atomic E-state index is 12.5. The third-order valence-electron chi connectivity index (χ3n) is 4.32. The van der Waals surface area contributed by atoms with Crippen molar-refractivity contribution in [2.75, 3.05) is 0 Å². The van der Waals surface area contributed by atoms with E-state index in [0.717, 1.165) is 24.8 Å². The Morgan fingerprint density at radius 3 is 2.56 bits per heavy atom. The Hall–Kier alpha value is -1.59. The molecule has 2 rings (SSSR count). The standard InChI is InChI=1S/C21H27ClN2O2S/c1-3-5-6-7-11-14-17(4-2)27-21(25)26-18-15-19(22)23-24-20(18)16-12-9-8-10-13-16/h8-10,12-13,15,17H,3-7,11,14H2,1-2H3. The molecule has 0 aliphatic heterocycles. The molecule has 1 heterocycles. The molecule has 0 fully saturated rings. The molecule has 0 N–H and O–H groups in total. The van der Waals surface area contributed by atoms with Crippen molar-refractivity contribution >= 4 is 28.7 Å². The Morgan fingerprint density at radius 2 is 1.85 bits per heavy atom. The highest BCUT2D eigenvalue weighted by Gasteiger charge is 2.18. The van der Waals surface area contributed by atoms with E-state index in [1.165, 1.54) is 37.4 Å². The van der Waals surface area contributed by atoms with Crippen LogP contribution in [0.2, 0.25) is 5.15 Å². The van der Waals surface area contributed by atoms with Crippen molar-refractivity contribution < 1.29 is 9.53 Å². The summed E-state index contributed by atoms with van der Waals surface area (Å²) in [5.74, 6) is 0.344. The van der Waals surface area contributed by atoms with Crippen LogP contribution in [0.15, 0.2) is 36.4 Å². The maximum Gasteiger partial charge on any atom is 0.373 e. The number of rotatable bonds is 10. The maximum atomic E-state index is 12.5. The van der Waals surface area contributed by atoms with Crippen molar-refractivity contribution in [3.05, 3.63) is 41.6 Å². The van der Waals surface area contributed by atoms with Crippen LogP contribution in [0.3, 0.4) is 0 Å². The fourth-order valence-corrected chi connectivity index (χ4v) is 3.80. The number of hydrogen-bond donors (Lipinski definition) is 0. The number of benzene rings is 1. The van der Waals surface area contributed by atoms with Gasteiger partial charge in [-0.25, -0.2) is 4.79 Å². The molecule has 146 valence electrons. The lowest BCUT2D eigenvalue weighted by molar-refractivity contribution is 0.227. The van der Waals surface area contributed by atoms with Crippen molar-refractivity contribution in [1.82, 2.24) is 10.2 Å². The first-order chi connectivity index (χ1) is 13.1. The molecule has 1 aromatic heterocycles. The zero-order valence-electron chi connectivity index (χ0n) is 16.0. The fraction of sp³-hybridized carbons (Fsp3) is 0.476.